The van der Waals surface area contributed by atoms with Crippen molar-refractivity contribution in [1.29, 1.82) is 0 Å². The lowest BCUT2D eigenvalue weighted by atomic mass is 9.80. The molecule has 0 spiro atoms. The maximum absolute atomic E-state index is 13.0. The summed E-state index contributed by atoms with van der Waals surface area (Å²) in [7, 11) is 1.25. The molecule has 0 bridgehead atoms. The summed E-state index contributed by atoms with van der Waals surface area (Å²) < 4.78 is 15.6. The van der Waals surface area contributed by atoms with Gasteiger partial charge in [-0.15, -0.1) is 0 Å². The first kappa shape index (κ1) is 23.9. The van der Waals surface area contributed by atoms with Crippen LogP contribution in [0.15, 0.2) is 40.7 Å². The molecule has 0 aromatic heterocycles. The molecule has 0 saturated heterocycles. The van der Waals surface area contributed by atoms with Gasteiger partial charge in [-0.25, -0.2) is 9.59 Å². The van der Waals surface area contributed by atoms with Gasteiger partial charge in [0, 0.05) is 5.70 Å². The average molecular weight is 456 g/mol. The van der Waals surface area contributed by atoms with Crippen LogP contribution in [-0.4, -0.2) is 44.7 Å². The molecule has 1 aromatic carbocycles. The Morgan fingerprint density at radius 2 is 1.83 bits per heavy atom. The first-order valence-electron chi connectivity index (χ1n) is 9.20. The lowest BCUT2D eigenvalue weighted by Gasteiger charge is -2.31. The third-order valence-corrected chi connectivity index (χ3v) is 5.22. The number of Topliss-reactive ketones (excluding diaryl/α,β-unsaturated/α-hetero) is 1. The zero-order valence-electron chi connectivity index (χ0n) is 17.1. The van der Waals surface area contributed by atoms with E-state index in [9.17, 15) is 14.4 Å². The highest BCUT2D eigenvalue weighted by molar-refractivity contribution is 6.42. The van der Waals surface area contributed by atoms with Crippen LogP contribution in [0.1, 0.15) is 32.3 Å². The van der Waals surface area contributed by atoms with Crippen molar-refractivity contribution >= 4 is 40.9 Å². The number of hydrogen-bond donors (Lipinski definition) is 1. The number of methoxy groups -OCH3 is 1. The second-order valence-electron chi connectivity index (χ2n) is 6.54. The predicted octanol–water partition coefficient (Wildman–Crippen LogP) is 3.55. The Labute approximate surface area is 185 Å². The highest BCUT2D eigenvalue weighted by atomic mass is 35.5. The number of hydrogen-bond acceptors (Lipinski definition) is 7. The van der Waals surface area contributed by atoms with E-state index in [-0.39, 0.29) is 46.8 Å². The first-order valence-corrected chi connectivity index (χ1v) is 9.95. The van der Waals surface area contributed by atoms with Crippen molar-refractivity contribution in [1.82, 2.24) is 5.32 Å². The van der Waals surface area contributed by atoms with Crippen LogP contribution in [-0.2, 0) is 28.6 Å². The fraction of sp³-hybridized carbons (Fsp3) is 0.381. The Kier molecular flexibility index (Phi) is 8.46. The molecule has 1 heterocycles. The summed E-state index contributed by atoms with van der Waals surface area (Å²) in [4.78, 5) is 36.9. The molecule has 0 radical (unpaired) electrons. The quantitative estimate of drug-likeness (QED) is 0.599. The highest BCUT2D eigenvalue weighted by Crippen LogP contribution is 2.43. The molecule has 1 aliphatic rings. The third kappa shape index (κ3) is 5.22. The predicted molar refractivity (Wildman–Crippen MR) is 112 cm³/mol. The molecular weight excluding hydrogens is 433 g/mol. The molecule has 9 heteroatoms. The van der Waals surface area contributed by atoms with Gasteiger partial charge in [0.1, 0.15) is 6.61 Å². The second kappa shape index (κ2) is 10.6. The van der Waals surface area contributed by atoms with E-state index in [1.54, 1.807) is 32.0 Å². The third-order valence-electron chi connectivity index (χ3n) is 4.39. The first-order chi connectivity index (χ1) is 14.2. The number of carbonyl (C=O) groups excluding carboxylic acids is 3. The van der Waals surface area contributed by atoms with Gasteiger partial charge in [-0.2, -0.15) is 0 Å². The van der Waals surface area contributed by atoms with Crippen molar-refractivity contribution in [3.05, 3.63) is 56.3 Å². The smallest absolute Gasteiger partial charge is 0.336 e. The summed E-state index contributed by atoms with van der Waals surface area (Å²) in [5.74, 6) is -2.35. The average Bonchev–Trinajstić information content (AvgIpc) is 2.69. The molecule has 162 valence electrons. The molecule has 0 fully saturated rings. The number of benzene rings is 1. The number of allylic oxidation sites excluding steroid dienone is 1. The molecule has 1 atom stereocenters. The van der Waals surface area contributed by atoms with Crippen molar-refractivity contribution in [2.24, 2.45) is 0 Å². The number of esters is 2. The molecule has 0 saturated carbocycles. The lowest BCUT2D eigenvalue weighted by Crippen LogP contribution is -2.35. The second-order valence-corrected chi connectivity index (χ2v) is 7.32. The highest BCUT2D eigenvalue weighted by Gasteiger charge is 2.40. The number of ketones is 1. The molecule has 7 nitrogen and oxygen atoms in total. The molecule has 1 aliphatic heterocycles. The van der Waals surface area contributed by atoms with Crippen LogP contribution >= 0.6 is 23.2 Å². The SMILES string of the molecule is CCOC(=O)C1=C(COCC(C)=O)NC(C)=C(C(=O)OC)C1c1cccc(Cl)c1Cl. The lowest BCUT2D eigenvalue weighted by molar-refractivity contribution is -0.139. The maximum atomic E-state index is 13.0. The van der Waals surface area contributed by atoms with Crippen molar-refractivity contribution in [3.63, 3.8) is 0 Å². The topological polar surface area (TPSA) is 90.9 Å². The Balaban J connectivity index is 2.71. The Morgan fingerprint density at radius 3 is 2.43 bits per heavy atom. The fourth-order valence-electron chi connectivity index (χ4n) is 3.19. The van der Waals surface area contributed by atoms with Gasteiger partial charge in [-0.3, -0.25) is 4.79 Å². The molecule has 30 heavy (non-hydrogen) atoms. The Hall–Kier alpha value is -2.35. The molecule has 1 aromatic rings. The standard InChI is InChI=1S/C21H23Cl2NO6/c1-5-30-21(27)18-15(10-29-9-11(2)25)24-12(3)16(20(26)28-4)17(18)13-7-6-8-14(22)19(13)23/h6-8,17,24H,5,9-10H2,1-4H3. The van der Waals surface area contributed by atoms with E-state index in [4.69, 9.17) is 37.4 Å². The molecule has 0 amide bonds. The van der Waals surface area contributed by atoms with E-state index in [2.05, 4.69) is 5.32 Å². The van der Waals surface area contributed by atoms with Crippen LogP contribution < -0.4 is 5.32 Å². The van der Waals surface area contributed by atoms with Crippen LogP contribution in [0.25, 0.3) is 0 Å². The van der Waals surface area contributed by atoms with Crippen LogP contribution in [0.2, 0.25) is 10.0 Å². The van der Waals surface area contributed by atoms with Gasteiger partial charge in [0.2, 0.25) is 0 Å². The molecule has 2 rings (SSSR count). The van der Waals surface area contributed by atoms with E-state index in [1.807, 2.05) is 0 Å². The zero-order valence-corrected chi connectivity index (χ0v) is 18.6. The number of ether oxygens (including phenoxy) is 3. The number of dihydropyridines is 1. The minimum absolute atomic E-state index is 0.0752. The van der Waals surface area contributed by atoms with Gasteiger partial charge < -0.3 is 19.5 Å². The number of nitrogens with one attached hydrogen (secondary N) is 1. The van der Waals surface area contributed by atoms with Gasteiger partial charge in [-0.05, 0) is 32.4 Å². The molecular formula is C21H23Cl2NO6. The van der Waals surface area contributed by atoms with E-state index in [0.717, 1.165) is 0 Å². The zero-order chi connectivity index (χ0) is 22.4. The molecule has 1 N–H and O–H groups in total. The van der Waals surface area contributed by atoms with E-state index >= 15 is 0 Å². The summed E-state index contributed by atoms with van der Waals surface area (Å²) >= 11 is 12.7. The molecule has 0 aliphatic carbocycles. The van der Waals surface area contributed by atoms with Crippen molar-refractivity contribution in [2.75, 3.05) is 26.9 Å². The van der Waals surface area contributed by atoms with Gasteiger partial charge >= 0.3 is 11.9 Å². The minimum Gasteiger partial charge on any atom is -0.466 e. The number of carbonyl (C=O) groups is 3. The summed E-state index contributed by atoms with van der Waals surface area (Å²) in [6, 6.07) is 4.95. The largest absolute Gasteiger partial charge is 0.466 e. The van der Waals surface area contributed by atoms with Gasteiger partial charge in [0.15, 0.2) is 5.78 Å². The summed E-state index contributed by atoms with van der Waals surface area (Å²) in [6.45, 7) is 4.65. The van der Waals surface area contributed by atoms with E-state index in [0.29, 0.717) is 17.0 Å². The van der Waals surface area contributed by atoms with Crippen LogP contribution in [0.3, 0.4) is 0 Å². The summed E-state index contributed by atoms with van der Waals surface area (Å²) in [5, 5.41) is 3.49. The Morgan fingerprint density at radius 1 is 1.13 bits per heavy atom. The molecule has 1 unspecified atom stereocenters. The van der Waals surface area contributed by atoms with Crippen LogP contribution in [0.5, 0.6) is 0 Å². The van der Waals surface area contributed by atoms with Gasteiger partial charge in [0.05, 0.1) is 53.1 Å². The van der Waals surface area contributed by atoms with Crippen molar-refractivity contribution in [3.8, 4) is 0 Å². The van der Waals surface area contributed by atoms with E-state index < -0.39 is 17.9 Å². The minimum atomic E-state index is -0.903. The van der Waals surface area contributed by atoms with Crippen molar-refractivity contribution in [2.45, 2.75) is 26.7 Å². The van der Waals surface area contributed by atoms with Crippen LogP contribution in [0.4, 0.5) is 0 Å². The normalized spacial score (nSPS) is 16.3. The Bertz CT molecular complexity index is 922. The monoisotopic (exact) mass is 455 g/mol. The summed E-state index contributed by atoms with van der Waals surface area (Å²) in [5.41, 5.74) is 1.59. The summed E-state index contributed by atoms with van der Waals surface area (Å²) in [6.07, 6.45) is 0. The number of rotatable bonds is 8. The van der Waals surface area contributed by atoms with Gasteiger partial charge in [-0.1, -0.05) is 35.3 Å². The van der Waals surface area contributed by atoms with E-state index in [1.165, 1.54) is 14.0 Å². The van der Waals surface area contributed by atoms with Gasteiger partial charge in [0.25, 0.3) is 0 Å². The van der Waals surface area contributed by atoms with Crippen LogP contribution in [0, 0.1) is 0 Å². The van der Waals surface area contributed by atoms with Crippen molar-refractivity contribution < 1.29 is 28.6 Å². The maximum Gasteiger partial charge on any atom is 0.336 e. The fourth-order valence-corrected chi connectivity index (χ4v) is 3.61. The number of halogens is 2.